The van der Waals surface area contributed by atoms with E-state index >= 15 is 0 Å². The van der Waals surface area contributed by atoms with Gasteiger partial charge in [0.1, 0.15) is 11.9 Å². The number of hydrogen-bond acceptors (Lipinski definition) is 4. The monoisotopic (exact) mass is 334 g/mol. The zero-order chi connectivity index (χ0) is 17.1. The first-order chi connectivity index (χ1) is 11.6. The first-order valence-electron chi connectivity index (χ1n) is 8.46. The van der Waals surface area contributed by atoms with Crippen molar-refractivity contribution in [1.82, 2.24) is 10.2 Å². The zero-order valence-electron chi connectivity index (χ0n) is 13.8. The van der Waals surface area contributed by atoms with Crippen LogP contribution in [0.5, 0.6) is 0 Å². The van der Waals surface area contributed by atoms with Crippen molar-refractivity contribution in [3.63, 3.8) is 0 Å². The summed E-state index contributed by atoms with van der Waals surface area (Å²) in [6, 6.07) is 5.74. The predicted molar refractivity (Wildman–Crippen MR) is 86.6 cm³/mol. The molecule has 1 atom stereocenters. The fourth-order valence-electron chi connectivity index (χ4n) is 3.22. The van der Waals surface area contributed by atoms with Crippen molar-refractivity contribution in [2.45, 2.75) is 37.8 Å². The highest BCUT2D eigenvalue weighted by Crippen LogP contribution is 2.29. The van der Waals surface area contributed by atoms with Crippen LogP contribution in [0.3, 0.4) is 0 Å². The standard InChI is InChI=1S/C18H23FN2O3/c1-24-18(23)16(12-2-4-14(19)5-3-12)21-10-8-13(9-11-21)17(22)20-15-6-7-15/h2-5,13,15-16H,6-11H2,1H3,(H,20,22)/t16-/m0/s1. The first-order valence-corrected chi connectivity index (χ1v) is 8.46. The molecule has 1 saturated heterocycles. The number of rotatable bonds is 5. The van der Waals surface area contributed by atoms with E-state index in [-0.39, 0.29) is 23.6 Å². The Morgan fingerprint density at radius 3 is 2.33 bits per heavy atom. The van der Waals surface area contributed by atoms with Gasteiger partial charge in [0.25, 0.3) is 0 Å². The van der Waals surface area contributed by atoms with Crippen LogP contribution in [-0.4, -0.2) is 43.0 Å². The molecule has 3 rings (SSSR count). The predicted octanol–water partition coefficient (Wildman–Crippen LogP) is 2.03. The number of hydrogen-bond donors (Lipinski definition) is 1. The van der Waals surface area contributed by atoms with Crippen molar-refractivity contribution in [3.05, 3.63) is 35.6 Å². The maximum atomic E-state index is 13.2. The van der Waals surface area contributed by atoms with Crippen LogP contribution in [0, 0.1) is 11.7 Å². The highest BCUT2D eigenvalue weighted by Gasteiger charge is 2.35. The van der Waals surface area contributed by atoms with E-state index in [1.54, 1.807) is 12.1 Å². The van der Waals surface area contributed by atoms with E-state index in [4.69, 9.17) is 4.74 Å². The Labute approximate surface area is 141 Å². The van der Waals surface area contributed by atoms with Crippen molar-refractivity contribution in [2.75, 3.05) is 20.2 Å². The maximum absolute atomic E-state index is 13.2. The van der Waals surface area contributed by atoms with Crippen LogP contribution < -0.4 is 5.32 Å². The second-order valence-electron chi connectivity index (χ2n) is 6.57. The molecule has 1 aromatic rings. The molecule has 1 saturated carbocycles. The summed E-state index contributed by atoms with van der Waals surface area (Å²) in [6.07, 6.45) is 3.60. The number of halogens is 1. The molecule has 6 heteroatoms. The number of benzene rings is 1. The van der Waals surface area contributed by atoms with Gasteiger partial charge in [0.05, 0.1) is 7.11 Å². The summed E-state index contributed by atoms with van der Waals surface area (Å²) in [5, 5.41) is 3.05. The summed E-state index contributed by atoms with van der Waals surface area (Å²) in [6.45, 7) is 1.28. The lowest BCUT2D eigenvalue weighted by Crippen LogP contribution is -2.44. The lowest BCUT2D eigenvalue weighted by atomic mass is 9.93. The first kappa shape index (κ1) is 16.9. The van der Waals surface area contributed by atoms with E-state index < -0.39 is 6.04 Å². The van der Waals surface area contributed by atoms with Gasteiger partial charge in [0, 0.05) is 25.0 Å². The number of ether oxygens (including phenoxy) is 1. The van der Waals surface area contributed by atoms with E-state index in [0.717, 1.165) is 12.8 Å². The molecule has 1 aliphatic carbocycles. The zero-order valence-corrected chi connectivity index (χ0v) is 13.8. The lowest BCUT2D eigenvalue weighted by Gasteiger charge is -2.35. The van der Waals surface area contributed by atoms with Gasteiger partial charge in [-0.25, -0.2) is 9.18 Å². The van der Waals surface area contributed by atoms with Gasteiger partial charge in [0.2, 0.25) is 5.91 Å². The number of carbonyl (C=O) groups excluding carboxylic acids is 2. The molecule has 2 aliphatic rings. The van der Waals surface area contributed by atoms with E-state index in [1.165, 1.54) is 19.2 Å². The van der Waals surface area contributed by atoms with Gasteiger partial charge in [-0.1, -0.05) is 12.1 Å². The number of nitrogens with one attached hydrogen (secondary N) is 1. The molecule has 5 nitrogen and oxygen atoms in total. The van der Waals surface area contributed by atoms with Crippen molar-refractivity contribution in [3.8, 4) is 0 Å². The Kier molecular flexibility index (Phi) is 5.14. The molecule has 2 fully saturated rings. The number of amides is 1. The highest BCUT2D eigenvalue weighted by molar-refractivity contribution is 5.80. The summed E-state index contributed by atoms with van der Waals surface area (Å²) in [7, 11) is 1.36. The molecular formula is C18H23FN2O3. The minimum absolute atomic E-state index is 0.00775. The molecule has 1 aromatic carbocycles. The topological polar surface area (TPSA) is 58.6 Å². The molecule has 0 unspecified atom stereocenters. The third-order valence-corrected chi connectivity index (χ3v) is 4.80. The number of likely N-dealkylation sites (tertiary alicyclic amines) is 1. The second kappa shape index (κ2) is 7.30. The molecule has 0 spiro atoms. The van der Waals surface area contributed by atoms with Crippen LogP contribution in [0.15, 0.2) is 24.3 Å². The third-order valence-electron chi connectivity index (χ3n) is 4.80. The number of carbonyl (C=O) groups is 2. The average Bonchev–Trinajstić information content (AvgIpc) is 3.41. The molecule has 0 bridgehead atoms. The summed E-state index contributed by atoms with van der Waals surface area (Å²) in [5.74, 6) is -0.553. The Morgan fingerprint density at radius 1 is 1.17 bits per heavy atom. The van der Waals surface area contributed by atoms with E-state index in [0.29, 0.717) is 37.5 Å². The van der Waals surface area contributed by atoms with Gasteiger partial charge in [-0.3, -0.25) is 9.69 Å². The van der Waals surface area contributed by atoms with Crippen molar-refractivity contribution in [2.24, 2.45) is 5.92 Å². The number of esters is 1. The minimum atomic E-state index is -0.553. The fourth-order valence-corrected chi connectivity index (χ4v) is 3.22. The van der Waals surface area contributed by atoms with Gasteiger partial charge < -0.3 is 10.1 Å². The van der Waals surface area contributed by atoms with Gasteiger partial charge in [-0.2, -0.15) is 0 Å². The fraction of sp³-hybridized carbons (Fsp3) is 0.556. The second-order valence-corrected chi connectivity index (χ2v) is 6.57. The van der Waals surface area contributed by atoms with Crippen LogP contribution in [0.2, 0.25) is 0 Å². The largest absolute Gasteiger partial charge is 0.468 e. The molecule has 1 heterocycles. The Morgan fingerprint density at radius 2 is 1.79 bits per heavy atom. The molecule has 1 aliphatic heterocycles. The van der Waals surface area contributed by atoms with Gasteiger partial charge in [0.15, 0.2) is 0 Å². The lowest BCUT2D eigenvalue weighted by molar-refractivity contribution is -0.148. The van der Waals surface area contributed by atoms with E-state index in [1.807, 2.05) is 4.90 Å². The molecule has 1 amide bonds. The maximum Gasteiger partial charge on any atom is 0.327 e. The summed E-state index contributed by atoms with van der Waals surface area (Å²) < 4.78 is 18.1. The smallest absolute Gasteiger partial charge is 0.327 e. The van der Waals surface area contributed by atoms with E-state index in [9.17, 15) is 14.0 Å². The average molecular weight is 334 g/mol. The molecule has 0 radical (unpaired) electrons. The quantitative estimate of drug-likeness (QED) is 0.837. The van der Waals surface area contributed by atoms with Crippen LogP contribution in [0.4, 0.5) is 4.39 Å². The summed E-state index contributed by atoms with van der Waals surface area (Å²) >= 11 is 0. The number of nitrogens with zero attached hydrogens (tertiary/aromatic N) is 1. The number of piperidine rings is 1. The van der Waals surface area contributed by atoms with Gasteiger partial charge in [-0.15, -0.1) is 0 Å². The molecule has 130 valence electrons. The van der Waals surface area contributed by atoms with Crippen LogP contribution in [0.25, 0.3) is 0 Å². The summed E-state index contributed by atoms with van der Waals surface area (Å²) in [5.41, 5.74) is 0.712. The molecular weight excluding hydrogens is 311 g/mol. The Balaban J connectivity index is 1.65. The third kappa shape index (κ3) is 3.93. The SMILES string of the molecule is COC(=O)[C@H](c1ccc(F)cc1)N1CCC(C(=O)NC2CC2)CC1. The van der Waals surface area contributed by atoms with Crippen molar-refractivity contribution in [1.29, 1.82) is 0 Å². The van der Waals surface area contributed by atoms with Gasteiger partial charge >= 0.3 is 5.97 Å². The van der Waals surface area contributed by atoms with Crippen LogP contribution in [0.1, 0.15) is 37.3 Å². The van der Waals surface area contributed by atoms with Crippen LogP contribution >= 0.6 is 0 Å². The van der Waals surface area contributed by atoms with Gasteiger partial charge in [-0.05, 0) is 43.4 Å². The van der Waals surface area contributed by atoms with Crippen LogP contribution in [-0.2, 0) is 14.3 Å². The highest BCUT2D eigenvalue weighted by atomic mass is 19.1. The Hall–Kier alpha value is -1.95. The van der Waals surface area contributed by atoms with Crippen molar-refractivity contribution < 1.29 is 18.7 Å². The Bertz CT molecular complexity index is 593. The molecule has 0 aromatic heterocycles. The molecule has 1 N–H and O–H groups in total. The summed E-state index contributed by atoms with van der Waals surface area (Å²) in [4.78, 5) is 26.4. The van der Waals surface area contributed by atoms with E-state index in [2.05, 4.69) is 5.32 Å². The molecule has 24 heavy (non-hydrogen) atoms. The van der Waals surface area contributed by atoms with Crippen molar-refractivity contribution >= 4 is 11.9 Å². The number of methoxy groups -OCH3 is 1. The minimum Gasteiger partial charge on any atom is -0.468 e. The normalized spacial score (nSPS) is 20.4.